The summed E-state index contributed by atoms with van der Waals surface area (Å²) < 4.78 is 15.1. The Morgan fingerprint density at radius 3 is 1.65 bits per heavy atom. The summed E-state index contributed by atoms with van der Waals surface area (Å²) in [4.78, 5) is 35.3. The Balaban J connectivity index is 4.27. The summed E-state index contributed by atoms with van der Waals surface area (Å²) in [5.41, 5.74) is -0.530. The second kappa shape index (κ2) is 11.0. The van der Waals surface area contributed by atoms with Crippen molar-refractivity contribution < 1.29 is 28.6 Å². The van der Waals surface area contributed by atoms with Crippen molar-refractivity contribution in [3.63, 3.8) is 0 Å². The van der Waals surface area contributed by atoms with Gasteiger partial charge in [0.15, 0.2) is 0 Å². The van der Waals surface area contributed by atoms with E-state index in [1.54, 1.807) is 0 Å². The third kappa shape index (κ3) is 15.1. The molecule has 134 valence electrons. The molecule has 0 rings (SSSR count). The van der Waals surface area contributed by atoms with Crippen LogP contribution in [0.1, 0.15) is 47.5 Å². The van der Waals surface area contributed by atoms with Gasteiger partial charge in [0, 0.05) is 26.9 Å². The molecule has 0 bridgehead atoms. The van der Waals surface area contributed by atoms with E-state index in [1.165, 1.54) is 13.8 Å². The van der Waals surface area contributed by atoms with Crippen molar-refractivity contribution in [1.82, 2.24) is 4.90 Å². The van der Waals surface area contributed by atoms with Crippen LogP contribution in [0.4, 0.5) is 0 Å². The van der Waals surface area contributed by atoms with Crippen LogP contribution < -0.4 is 0 Å². The summed E-state index contributed by atoms with van der Waals surface area (Å²) in [7, 11) is 0. The van der Waals surface area contributed by atoms with Gasteiger partial charge in [0.1, 0.15) is 5.60 Å². The average molecular weight is 331 g/mol. The second-order valence-electron chi connectivity index (χ2n) is 6.25. The van der Waals surface area contributed by atoms with Gasteiger partial charge in [-0.25, -0.2) is 0 Å². The third-order valence-electron chi connectivity index (χ3n) is 2.62. The van der Waals surface area contributed by atoms with Gasteiger partial charge in [-0.1, -0.05) is 0 Å². The van der Waals surface area contributed by atoms with E-state index in [-0.39, 0.29) is 24.5 Å². The van der Waals surface area contributed by atoms with E-state index >= 15 is 0 Å². The fraction of sp³-hybridized carbons (Fsp3) is 0.812. The highest BCUT2D eigenvalue weighted by Gasteiger charge is 2.19. The number of ether oxygens (including phenoxy) is 3. The van der Waals surface area contributed by atoms with Crippen LogP contribution in [0.15, 0.2) is 0 Å². The molecule has 0 unspecified atom stereocenters. The zero-order valence-corrected chi connectivity index (χ0v) is 14.8. The Bertz CT molecular complexity index is 367. The number of carbonyl (C=O) groups excluding carboxylic acids is 3. The van der Waals surface area contributed by atoms with Gasteiger partial charge >= 0.3 is 17.9 Å². The van der Waals surface area contributed by atoms with Gasteiger partial charge in [-0.2, -0.15) is 0 Å². The van der Waals surface area contributed by atoms with Gasteiger partial charge < -0.3 is 14.2 Å². The van der Waals surface area contributed by atoms with Crippen LogP contribution in [-0.2, 0) is 28.6 Å². The predicted octanol–water partition coefficient (Wildman–Crippen LogP) is 1.54. The first kappa shape index (κ1) is 21.4. The molecule has 0 heterocycles. The summed E-state index contributed by atoms with van der Waals surface area (Å²) in [6, 6.07) is 0. The lowest BCUT2D eigenvalue weighted by Gasteiger charge is -2.25. The lowest BCUT2D eigenvalue weighted by Crippen LogP contribution is -2.36. The minimum Gasteiger partial charge on any atom is -0.466 e. The van der Waals surface area contributed by atoms with Crippen molar-refractivity contribution in [3.05, 3.63) is 0 Å². The first-order valence-corrected chi connectivity index (χ1v) is 7.81. The highest BCUT2D eigenvalue weighted by molar-refractivity contribution is 5.72. The Morgan fingerprint density at radius 2 is 1.30 bits per heavy atom. The summed E-state index contributed by atoms with van der Waals surface area (Å²) in [6.45, 7) is 10.1. The minimum absolute atomic E-state index is 0.150. The molecule has 0 amide bonds. The van der Waals surface area contributed by atoms with E-state index in [2.05, 4.69) is 0 Å². The van der Waals surface area contributed by atoms with Crippen molar-refractivity contribution in [2.45, 2.75) is 53.1 Å². The molecule has 0 saturated carbocycles. The maximum absolute atomic E-state index is 11.9. The molecule has 7 heteroatoms. The predicted molar refractivity (Wildman–Crippen MR) is 84.8 cm³/mol. The molecule has 0 aliphatic carbocycles. The number of esters is 3. The van der Waals surface area contributed by atoms with E-state index in [1.807, 2.05) is 25.7 Å². The highest BCUT2D eigenvalue weighted by atomic mass is 16.6. The van der Waals surface area contributed by atoms with Crippen LogP contribution in [0.25, 0.3) is 0 Å². The van der Waals surface area contributed by atoms with E-state index < -0.39 is 5.60 Å². The van der Waals surface area contributed by atoms with Gasteiger partial charge in [0.25, 0.3) is 0 Å². The van der Waals surface area contributed by atoms with Crippen LogP contribution in [-0.4, -0.2) is 61.3 Å². The first-order valence-electron chi connectivity index (χ1n) is 7.81. The van der Waals surface area contributed by atoms with Crippen molar-refractivity contribution in [3.8, 4) is 0 Å². The zero-order chi connectivity index (χ0) is 17.9. The fourth-order valence-corrected chi connectivity index (χ4v) is 1.83. The van der Waals surface area contributed by atoms with E-state index in [4.69, 9.17) is 14.2 Å². The number of hydrogen-bond acceptors (Lipinski definition) is 7. The summed E-state index contributed by atoms with van der Waals surface area (Å²) in [5.74, 6) is -0.949. The number of hydrogen-bond donors (Lipinski definition) is 0. The van der Waals surface area contributed by atoms with Crippen molar-refractivity contribution in [2.24, 2.45) is 0 Å². The monoisotopic (exact) mass is 331 g/mol. The maximum Gasteiger partial charge on any atom is 0.320 e. The lowest BCUT2D eigenvalue weighted by molar-refractivity contribution is -0.156. The molecule has 0 aliphatic rings. The molecule has 23 heavy (non-hydrogen) atoms. The molecule has 0 saturated heterocycles. The topological polar surface area (TPSA) is 82.1 Å². The smallest absolute Gasteiger partial charge is 0.320 e. The van der Waals surface area contributed by atoms with Crippen LogP contribution in [0.5, 0.6) is 0 Å². The zero-order valence-electron chi connectivity index (χ0n) is 14.8. The molecule has 0 fully saturated rings. The summed E-state index contributed by atoms with van der Waals surface area (Å²) in [5, 5.41) is 0. The standard InChI is InChI=1S/C16H29NO6/c1-13(18)21-10-6-8-17(9-7-11-22-14(2)19)12-15(20)23-16(3,4)5/h6-12H2,1-5H3. The molecule has 0 aliphatic heterocycles. The van der Waals surface area contributed by atoms with Gasteiger partial charge in [-0.3, -0.25) is 19.3 Å². The van der Waals surface area contributed by atoms with E-state index in [9.17, 15) is 14.4 Å². The summed E-state index contributed by atoms with van der Waals surface area (Å²) >= 11 is 0. The Morgan fingerprint density at radius 1 is 0.870 bits per heavy atom. The van der Waals surface area contributed by atoms with Crippen LogP contribution in [0.2, 0.25) is 0 Å². The molecule has 0 aromatic heterocycles. The molecular weight excluding hydrogens is 302 g/mol. The number of rotatable bonds is 10. The molecular formula is C16H29NO6. The van der Waals surface area contributed by atoms with Crippen LogP contribution >= 0.6 is 0 Å². The molecule has 0 aromatic rings. The Hall–Kier alpha value is -1.63. The number of nitrogens with zero attached hydrogens (tertiary/aromatic N) is 1. The molecule has 0 radical (unpaired) electrons. The Labute approximate surface area is 138 Å². The molecule has 7 nitrogen and oxygen atoms in total. The van der Waals surface area contributed by atoms with E-state index in [0.29, 0.717) is 39.1 Å². The van der Waals surface area contributed by atoms with Crippen LogP contribution in [0, 0.1) is 0 Å². The third-order valence-corrected chi connectivity index (χ3v) is 2.62. The first-order chi connectivity index (χ1) is 10.6. The lowest BCUT2D eigenvalue weighted by atomic mass is 10.2. The minimum atomic E-state index is -0.530. The molecule has 0 aromatic carbocycles. The van der Waals surface area contributed by atoms with Gasteiger partial charge in [-0.15, -0.1) is 0 Å². The van der Waals surface area contributed by atoms with Crippen LogP contribution in [0.3, 0.4) is 0 Å². The average Bonchev–Trinajstić information content (AvgIpc) is 2.36. The number of carbonyl (C=O) groups is 3. The second-order valence-corrected chi connectivity index (χ2v) is 6.25. The van der Waals surface area contributed by atoms with E-state index in [0.717, 1.165) is 0 Å². The maximum atomic E-state index is 11.9. The fourth-order valence-electron chi connectivity index (χ4n) is 1.83. The Kier molecular flexibility index (Phi) is 10.2. The SMILES string of the molecule is CC(=O)OCCCN(CCCOC(C)=O)CC(=O)OC(C)(C)C. The molecule has 0 spiro atoms. The van der Waals surface area contributed by atoms with Crippen molar-refractivity contribution >= 4 is 17.9 Å². The van der Waals surface area contributed by atoms with Gasteiger partial charge in [-0.05, 0) is 33.6 Å². The highest BCUT2D eigenvalue weighted by Crippen LogP contribution is 2.08. The van der Waals surface area contributed by atoms with Gasteiger partial charge in [0.2, 0.25) is 0 Å². The quantitative estimate of drug-likeness (QED) is 0.341. The largest absolute Gasteiger partial charge is 0.466 e. The summed E-state index contributed by atoms with van der Waals surface area (Å²) in [6.07, 6.45) is 1.24. The molecule has 0 N–H and O–H groups in total. The van der Waals surface area contributed by atoms with Gasteiger partial charge in [0.05, 0.1) is 19.8 Å². The van der Waals surface area contributed by atoms with Crippen molar-refractivity contribution in [2.75, 3.05) is 32.8 Å². The van der Waals surface area contributed by atoms with Crippen molar-refractivity contribution in [1.29, 1.82) is 0 Å². The molecule has 0 atom stereocenters. The normalized spacial score (nSPS) is 11.2.